The lowest BCUT2D eigenvalue weighted by atomic mass is 10.0. The second-order valence-corrected chi connectivity index (χ2v) is 5.84. The first kappa shape index (κ1) is 13.4. The first-order valence-corrected chi connectivity index (χ1v) is 7.44. The lowest BCUT2D eigenvalue weighted by molar-refractivity contribution is 0.635. The molecule has 0 amide bonds. The van der Waals surface area contributed by atoms with Gasteiger partial charge in [-0.2, -0.15) is 10.2 Å². The molecule has 3 rings (SSSR count). The Morgan fingerprint density at radius 2 is 2.15 bits per heavy atom. The van der Waals surface area contributed by atoms with E-state index in [1.165, 1.54) is 24.1 Å². The van der Waals surface area contributed by atoms with Crippen molar-refractivity contribution < 1.29 is 0 Å². The first-order valence-electron chi connectivity index (χ1n) is 7.44. The van der Waals surface area contributed by atoms with Gasteiger partial charge in [0.05, 0.1) is 11.4 Å². The molecule has 2 N–H and O–H groups in total. The molecule has 0 aromatic carbocycles. The number of aromatic nitrogens is 4. The van der Waals surface area contributed by atoms with Gasteiger partial charge in [0.15, 0.2) is 5.82 Å². The van der Waals surface area contributed by atoms with Crippen molar-refractivity contribution in [2.45, 2.75) is 51.5 Å². The van der Waals surface area contributed by atoms with Gasteiger partial charge in [-0.3, -0.25) is 4.68 Å². The molecule has 1 aliphatic carbocycles. The van der Waals surface area contributed by atoms with E-state index in [1.54, 1.807) is 0 Å². The summed E-state index contributed by atoms with van der Waals surface area (Å²) in [6.07, 6.45) is 6.42. The quantitative estimate of drug-likeness (QED) is 0.907. The van der Waals surface area contributed by atoms with Crippen LogP contribution in [0.15, 0.2) is 12.3 Å². The predicted octanol–water partition coefficient (Wildman–Crippen LogP) is 2.07. The van der Waals surface area contributed by atoms with Gasteiger partial charge in [0.25, 0.3) is 0 Å². The molecule has 1 unspecified atom stereocenters. The van der Waals surface area contributed by atoms with Gasteiger partial charge >= 0.3 is 0 Å². The highest BCUT2D eigenvalue weighted by molar-refractivity contribution is 5.38. The Labute approximate surface area is 119 Å². The Morgan fingerprint density at radius 1 is 1.40 bits per heavy atom. The van der Waals surface area contributed by atoms with E-state index < -0.39 is 0 Å². The van der Waals surface area contributed by atoms with E-state index in [2.05, 4.69) is 18.1 Å². The summed E-state index contributed by atoms with van der Waals surface area (Å²) >= 11 is 0. The van der Waals surface area contributed by atoms with E-state index in [9.17, 15) is 0 Å². The SMILES string of the molecule is CCC(N)Cc1c(C)nn(C)c1-n1ccc(C2CC2)n1. The number of nitrogens with zero attached hydrogens (tertiary/aromatic N) is 4. The monoisotopic (exact) mass is 273 g/mol. The lowest BCUT2D eigenvalue weighted by Crippen LogP contribution is -2.22. The standard InChI is InChI=1S/C15H23N5/c1-4-12(16)9-13-10(2)17-19(3)15(13)20-8-7-14(18-20)11-5-6-11/h7-8,11-12H,4-6,9,16H2,1-3H3. The number of hydrogen-bond acceptors (Lipinski definition) is 3. The minimum atomic E-state index is 0.176. The second-order valence-electron chi connectivity index (χ2n) is 5.84. The molecule has 5 heteroatoms. The molecule has 1 atom stereocenters. The molecule has 2 heterocycles. The van der Waals surface area contributed by atoms with Crippen LogP contribution in [0.2, 0.25) is 0 Å². The molecular weight excluding hydrogens is 250 g/mol. The molecule has 0 aliphatic heterocycles. The summed E-state index contributed by atoms with van der Waals surface area (Å²) in [5.41, 5.74) is 9.60. The fraction of sp³-hybridized carbons (Fsp3) is 0.600. The van der Waals surface area contributed by atoms with Crippen molar-refractivity contribution in [3.05, 3.63) is 29.2 Å². The Bertz CT molecular complexity index is 606. The summed E-state index contributed by atoms with van der Waals surface area (Å²) in [5, 5.41) is 9.27. The van der Waals surface area contributed by atoms with Gasteiger partial charge in [0, 0.05) is 30.8 Å². The number of hydrogen-bond donors (Lipinski definition) is 1. The van der Waals surface area contributed by atoms with Crippen LogP contribution in [0.5, 0.6) is 0 Å². The Balaban J connectivity index is 1.97. The van der Waals surface area contributed by atoms with Crippen LogP contribution in [-0.2, 0) is 13.5 Å². The maximum Gasteiger partial charge on any atom is 0.155 e. The smallest absolute Gasteiger partial charge is 0.155 e. The first-order chi connectivity index (χ1) is 9.60. The molecule has 5 nitrogen and oxygen atoms in total. The van der Waals surface area contributed by atoms with Crippen molar-refractivity contribution in [1.82, 2.24) is 19.6 Å². The van der Waals surface area contributed by atoms with E-state index in [0.717, 1.165) is 24.4 Å². The lowest BCUT2D eigenvalue weighted by Gasteiger charge is -2.11. The number of rotatable bonds is 5. The van der Waals surface area contributed by atoms with Crippen molar-refractivity contribution in [3.8, 4) is 5.82 Å². The fourth-order valence-corrected chi connectivity index (χ4v) is 2.67. The number of aryl methyl sites for hydroxylation is 2. The van der Waals surface area contributed by atoms with Crippen molar-refractivity contribution in [1.29, 1.82) is 0 Å². The summed E-state index contributed by atoms with van der Waals surface area (Å²) in [4.78, 5) is 0. The Morgan fingerprint density at radius 3 is 2.80 bits per heavy atom. The van der Waals surface area contributed by atoms with E-state index in [-0.39, 0.29) is 6.04 Å². The van der Waals surface area contributed by atoms with E-state index in [4.69, 9.17) is 10.8 Å². The van der Waals surface area contributed by atoms with E-state index in [1.807, 2.05) is 29.5 Å². The zero-order valence-electron chi connectivity index (χ0n) is 12.5. The molecule has 2 aromatic heterocycles. The van der Waals surface area contributed by atoms with Crippen LogP contribution < -0.4 is 5.73 Å². The highest BCUT2D eigenvalue weighted by atomic mass is 15.4. The van der Waals surface area contributed by atoms with Crippen molar-refractivity contribution >= 4 is 0 Å². The maximum absolute atomic E-state index is 6.13. The summed E-state index contributed by atoms with van der Waals surface area (Å²) < 4.78 is 3.88. The minimum Gasteiger partial charge on any atom is -0.327 e. The van der Waals surface area contributed by atoms with Crippen LogP contribution in [0, 0.1) is 6.92 Å². The normalized spacial score (nSPS) is 16.6. The molecule has 1 fully saturated rings. The predicted molar refractivity (Wildman–Crippen MR) is 79.0 cm³/mol. The Kier molecular flexibility index (Phi) is 3.38. The molecule has 0 saturated heterocycles. The molecule has 108 valence electrons. The third kappa shape index (κ3) is 2.38. The van der Waals surface area contributed by atoms with Crippen LogP contribution in [0.1, 0.15) is 49.1 Å². The van der Waals surface area contributed by atoms with Crippen LogP contribution in [0.3, 0.4) is 0 Å². The molecule has 0 radical (unpaired) electrons. The van der Waals surface area contributed by atoms with Gasteiger partial charge in [0.2, 0.25) is 0 Å². The second kappa shape index (κ2) is 5.05. The third-order valence-corrected chi connectivity index (χ3v) is 4.13. The van der Waals surface area contributed by atoms with Crippen LogP contribution >= 0.6 is 0 Å². The largest absolute Gasteiger partial charge is 0.327 e. The summed E-state index contributed by atoms with van der Waals surface area (Å²) in [6.45, 7) is 4.17. The van der Waals surface area contributed by atoms with Gasteiger partial charge in [-0.15, -0.1) is 0 Å². The molecule has 2 aromatic rings. The van der Waals surface area contributed by atoms with Crippen molar-refractivity contribution in [3.63, 3.8) is 0 Å². The average molecular weight is 273 g/mol. The third-order valence-electron chi connectivity index (χ3n) is 4.13. The minimum absolute atomic E-state index is 0.176. The van der Waals surface area contributed by atoms with Gasteiger partial charge in [-0.25, -0.2) is 4.68 Å². The van der Waals surface area contributed by atoms with Gasteiger partial charge < -0.3 is 5.73 Å². The van der Waals surface area contributed by atoms with Crippen LogP contribution in [0.25, 0.3) is 5.82 Å². The van der Waals surface area contributed by atoms with E-state index >= 15 is 0 Å². The Hall–Kier alpha value is -1.62. The van der Waals surface area contributed by atoms with Crippen LogP contribution in [0.4, 0.5) is 0 Å². The molecule has 1 aliphatic rings. The van der Waals surface area contributed by atoms with E-state index in [0.29, 0.717) is 5.92 Å². The highest BCUT2D eigenvalue weighted by Crippen LogP contribution is 2.39. The van der Waals surface area contributed by atoms with Gasteiger partial charge in [-0.1, -0.05) is 6.92 Å². The zero-order chi connectivity index (χ0) is 14.3. The maximum atomic E-state index is 6.13. The fourth-order valence-electron chi connectivity index (χ4n) is 2.67. The van der Waals surface area contributed by atoms with Gasteiger partial charge in [0.1, 0.15) is 0 Å². The van der Waals surface area contributed by atoms with Crippen LogP contribution in [-0.4, -0.2) is 25.6 Å². The van der Waals surface area contributed by atoms with Crippen molar-refractivity contribution in [2.75, 3.05) is 0 Å². The highest BCUT2D eigenvalue weighted by Gasteiger charge is 2.27. The molecule has 0 bridgehead atoms. The van der Waals surface area contributed by atoms with Crippen molar-refractivity contribution in [2.24, 2.45) is 12.8 Å². The summed E-state index contributed by atoms with van der Waals surface area (Å²) in [7, 11) is 1.97. The molecule has 20 heavy (non-hydrogen) atoms. The molecule has 1 saturated carbocycles. The summed E-state index contributed by atoms with van der Waals surface area (Å²) in [6, 6.07) is 2.30. The molecule has 0 spiro atoms. The summed E-state index contributed by atoms with van der Waals surface area (Å²) in [5.74, 6) is 1.73. The number of nitrogens with two attached hydrogens (primary N) is 1. The van der Waals surface area contributed by atoms with Gasteiger partial charge in [-0.05, 0) is 38.7 Å². The average Bonchev–Trinajstić information content (AvgIpc) is 3.10. The molecular formula is C15H23N5. The topological polar surface area (TPSA) is 61.7 Å². The zero-order valence-corrected chi connectivity index (χ0v) is 12.5.